The highest BCUT2D eigenvalue weighted by Crippen LogP contribution is 2.34. The average molecular weight is 279 g/mol. The Kier molecular flexibility index (Phi) is 5.06. The first kappa shape index (κ1) is 14.9. The van der Waals surface area contributed by atoms with Crippen molar-refractivity contribution in [3.63, 3.8) is 0 Å². The van der Waals surface area contributed by atoms with Crippen LogP contribution in [-0.4, -0.2) is 44.9 Å². The highest BCUT2D eigenvalue weighted by Gasteiger charge is 2.23. The molecule has 5 heteroatoms. The molecule has 0 aliphatic carbocycles. The lowest BCUT2D eigenvalue weighted by Crippen LogP contribution is -2.34. The molecule has 1 aliphatic heterocycles. The van der Waals surface area contributed by atoms with Gasteiger partial charge >= 0.3 is 0 Å². The van der Waals surface area contributed by atoms with Crippen LogP contribution in [0.5, 0.6) is 5.88 Å². The molecule has 0 radical (unpaired) electrons. The summed E-state index contributed by atoms with van der Waals surface area (Å²) in [6.45, 7) is 2.99. The zero-order valence-corrected chi connectivity index (χ0v) is 12.8. The van der Waals surface area contributed by atoms with Gasteiger partial charge in [-0.2, -0.15) is 0 Å². The topological polar surface area (TPSA) is 46.6 Å². The second-order valence-electron chi connectivity index (χ2n) is 5.38. The minimum Gasteiger partial charge on any atom is -0.479 e. The number of anilines is 2. The molecule has 0 amide bonds. The van der Waals surface area contributed by atoms with Crippen LogP contribution in [0.25, 0.3) is 0 Å². The van der Waals surface area contributed by atoms with E-state index in [4.69, 9.17) is 9.47 Å². The van der Waals surface area contributed by atoms with E-state index in [0.717, 1.165) is 37.2 Å². The monoisotopic (exact) mass is 279 g/mol. The normalized spacial score (nSPS) is 22.4. The number of methoxy groups -OCH3 is 1. The molecule has 2 rings (SSSR count). The van der Waals surface area contributed by atoms with E-state index in [2.05, 4.69) is 22.1 Å². The molecule has 0 aromatic carbocycles. The van der Waals surface area contributed by atoms with Crippen molar-refractivity contribution < 1.29 is 9.47 Å². The van der Waals surface area contributed by atoms with Gasteiger partial charge in [-0.15, -0.1) is 0 Å². The molecule has 2 heterocycles. The second kappa shape index (κ2) is 6.79. The molecule has 2 unspecified atom stereocenters. The van der Waals surface area contributed by atoms with Crippen molar-refractivity contribution >= 4 is 11.4 Å². The summed E-state index contributed by atoms with van der Waals surface area (Å²) in [5.74, 6) is 0.649. The first-order valence-electron chi connectivity index (χ1n) is 7.24. The van der Waals surface area contributed by atoms with Gasteiger partial charge in [-0.1, -0.05) is 6.92 Å². The fraction of sp³-hybridized carbons (Fsp3) is 0.667. The molecular formula is C15H25N3O2. The average Bonchev–Trinajstić information content (AvgIpc) is 2.47. The summed E-state index contributed by atoms with van der Waals surface area (Å²) in [6.07, 6.45) is 5.23. The number of hydrogen-bond acceptors (Lipinski definition) is 5. The minimum atomic E-state index is 0.353. The molecule has 5 nitrogen and oxygen atoms in total. The summed E-state index contributed by atoms with van der Waals surface area (Å²) in [6, 6.07) is 2.41. The highest BCUT2D eigenvalue weighted by molar-refractivity contribution is 5.74. The lowest BCUT2D eigenvalue weighted by atomic mass is 10.0. The Bertz CT molecular complexity index is 437. The van der Waals surface area contributed by atoms with Gasteiger partial charge in [-0.05, 0) is 25.3 Å². The molecule has 20 heavy (non-hydrogen) atoms. The fourth-order valence-corrected chi connectivity index (χ4v) is 2.60. The predicted molar refractivity (Wildman–Crippen MR) is 81.8 cm³/mol. The Morgan fingerprint density at radius 1 is 1.50 bits per heavy atom. The number of nitrogens with one attached hydrogen (secondary N) is 1. The molecule has 1 aliphatic rings. The van der Waals surface area contributed by atoms with E-state index in [9.17, 15) is 0 Å². The van der Waals surface area contributed by atoms with Gasteiger partial charge in [0.05, 0.1) is 18.9 Å². The van der Waals surface area contributed by atoms with Crippen molar-refractivity contribution in [2.75, 3.05) is 38.0 Å². The van der Waals surface area contributed by atoms with Gasteiger partial charge in [-0.25, -0.2) is 4.98 Å². The van der Waals surface area contributed by atoms with E-state index in [1.165, 1.54) is 0 Å². The van der Waals surface area contributed by atoms with Crippen molar-refractivity contribution in [1.29, 1.82) is 0 Å². The first-order chi connectivity index (χ1) is 9.65. The van der Waals surface area contributed by atoms with Crippen molar-refractivity contribution in [2.45, 2.75) is 38.3 Å². The van der Waals surface area contributed by atoms with E-state index < -0.39 is 0 Å². The van der Waals surface area contributed by atoms with Crippen molar-refractivity contribution in [2.24, 2.45) is 0 Å². The zero-order chi connectivity index (χ0) is 14.5. The number of nitrogens with zero attached hydrogens (tertiary/aromatic N) is 2. The van der Waals surface area contributed by atoms with Gasteiger partial charge in [0.15, 0.2) is 0 Å². The van der Waals surface area contributed by atoms with E-state index in [1.807, 2.05) is 20.2 Å². The van der Waals surface area contributed by atoms with Gasteiger partial charge < -0.3 is 19.7 Å². The Labute approximate surface area is 121 Å². The summed E-state index contributed by atoms with van der Waals surface area (Å²) in [5, 5.41) is 3.61. The Balaban J connectivity index is 2.18. The Morgan fingerprint density at radius 3 is 2.95 bits per heavy atom. The Hall–Kier alpha value is -1.49. The smallest absolute Gasteiger partial charge is 0.239 e. The number of hydrogen-bond donors (Lipinski definition) is 1. The van der Waals surface area contributed by atoms with Crippen molar-refractivity contribution in [1.82, 2.24) is 4.98 Å². The third kappa shape index (κ3) is 3.33. The number of rotatable bonds is 5. The van der Waals surface area contributed by atoms with Crippen LogP contribution in [0.3, 0.4) is 0 Å². The van der Waals surface area contributed by atoms with Crippen LogP contribution in [0, 0.1) is 0 Å². The maximum absolute atomic E-state index is 5.73. The molecule has 0 bridgehead atoms. The summed E-state index contributed by atoms with van der Waals surface area (Å²) >= 11 is 0. The number of pyridine rings is 1. The summed E-state index contributed by atoms with van der Waals surface area (Å²) in [4.78, 5) is 6.37. The van der Waals surface area contributed by atoms with Gasteiger partial charge in [0.2, 0.25) is 5.88 Å². The molecule has 112 valence electrons. The highest BCUT2D eigenvalue weighted by atomic mass is 16.5. The molecule has 1 saturated heterocycles. The third-order valence-corrected chi connectivity index (χ3v) is 3.74. The van der Waals surface area contributed by atoms with Crippen molar-refractivity contribution in [3.05, 3.63) is 12.3 Å². The third-order valence-electron chi connectivity index (χ3n) is 3.74. The SMILES string of the molecule is CCC1CC(Nc2c(N(C)C)ccnc2OC)CCO1. The number of ether oxygens (including phenoxy) is 2. The zero-order valence-electron chi connectivity index (χ0n) is 12.8. The fourth-order valence-electron chi connectivity index (χ4n) is 2.60. The van der Waals surface area contributed by atoms with Crippen LogP contribution in [-0.2, 0) is 4.74 Å². The summed E-state index contributed by atoms with van der Waals surface area (Å²) in [7, 11) is 5.71. The van der Waals surface area contributed by atoms with Crippen LogP contribution < -0.4 is 15.0 Å². The predicted octanol–water partition coefficient (Wildman–Crippen LogP) is 2.53. The maximum Gasteiger partial charge on any atom is 0.239 e. The van der Waals surface area contributed by atoms with Crippen molar-refractivity contribution in [3.8, 4) is 5.88 Å². The standard InChI is InChI=1S/C15H25N3O2/c1-5-12-10-11(7-9-20-12)17-14-13(18(2)3)6-8-16-15(14)19-4/h6,8,11-12,17H,5,7,9-10H2,1-4H3. The molecule has 1 N–H and O–H groups in total. The van der Waals surface area contributed by atoms with Gasteiger partial charge in [-0.3, -0.25) is 0 Å². The lowest BCUT2D eigenvalue weighted by Gasteiger charge is -2.31. The van der Waals surface area contributed by atoms with E-state index in [1.54, 1.807) is 13.3 Å². The van der Waals surface area contributed by atoms with E-state index in [-0.39, 0.29) is 0 Å². The first-order valence-corrected chi connectivity index (χ1v) is 7.24. The van der Waals surface area contributed by atoms with E-state index in [0.29, 0.717) is 18.0 Å². The Morgan fingerprint density at radius 2 is 2.30 bits per heavy atom. The largest absolute Gasteiger partial charge is 0.479 e. The van der Waals surface area contributed by atoms with Crippen LogP contribution in [0.1, 0.15) is 26.2 Å². The van der Waals surface area contributed by atoms with Crippen LogP contribution in [0.4, 0.5) is 11.4 Å². The van der Waals surface area contributed by atoms with Gasteiger partial charge in [0, 0.05) is 32.9 Å². The molecule has 1 aromatic heterocycles. The minimum absolute atomic E-state index is 0.353. The molecule has 1 fully saturated rings. The molecule has 0 saturated carbocycles. The molecule has 2 atom stereocenters. The lowest BCUT2D eigenvalue weighted by molar-refractivity contribution is 0.00922. The number of aromatic nitrogens is 1. The van der Waals surface area contributed by atoms with Crippen LogP contribution in [0.15, 0.2) is 12.3 Å². The quantitative estimate of drug-likeness (QED) is 0.897. The summed E-state index contributed by atoms with van der Waals surface area (Å²) in [5.41, 5.74) is 2.07. The maximum atomic E-state index is 5.73. The summed E-state index contributed by atoms with van der Waals surface area (Å²) < 4.78 is 11.1. The van der Waals surface area contributed by atoms with E-state index >= 15 is 0 Å². The van der Waals surface area contributed by atoms with Crippen LogP contribution in [0.2, 0.25) is 0 Å². The molecule has 0 spiro atoms. The van der Waals surface area contributed by atoms with Gasteiger partial charge in [0.25, 0.3) is 0 Å². The molecule has 1 aromatic rings. The molecular weight excluding hydrogens is 254 g/mol. The second-order valence-corrected chi connectivity index (χ2v) is 5.38. The van der Waals surface area contributed by atoms with Crippen LogP contribution >= 0.6 is 0 Å². The van der Waals surface area contributed by atoms with Gasteiger partial charge in [0.1, 0.15) is 5.69 Å².